The van der Waals surface area contributed by atoms with E-state index in [0.29, 0.717) is 12.3 Å². The van der Waals surface area contributed by atoms with E-state index in [2.05, 4.69) is 37.5 Å². The third kappa shape index (κ3) is 10.3. The summed E-state index contributed by atoms with van der Waals surface area (Å²) in [6.45, 7) is 7.37. The first-order valence-electron chi connectivity index (χ1n) is 9.75. The molecular formula is C21H36N2O. The van der Waals surface area contributed by atoms with E-state index in [1.807, 2.05) is 18.2 Å². The number of hydrogen-bond donors (Lipinski definition) is 2. The number of amides is 1. The highest BCUT2D eigenvalue weighted by atomic mass is 16.1. The molecule has 24 heavy (non-hydrogen) atoms. The highest BCUT2D eigenvalue weighted by molar-refractivity contribution is 5.91. The molecule has 1 aromatic carbocycles. The molecule has 0 unspecified atom stereocenters. The maximum Gasteiger partial charge on any atom is 0.224 e. The Balaban J connectivity index is 2.17. The first-order chi connectivity index (χ1) is 11.6. The molecule has 0 radical (unpaired) electrons. The van der Waals surface area contributed by atoms with Crippen LogP contribution in [0.25, 0.3) is 0 Å². The third-order valence-electron chi connectivity index (χ3n) is 4.10. The summed E-state index contributed by atoms with van der Waals surface area (Å²) in [5.74, 6) is 0.471. The van der Waals surface area contributed by atoms with Gasteiger partial charge in [-0.1, -0.05) is 71.8 Å². The number of carbonyl (C=O) groups excluding carboxylic acids is 1. The van der Waals surface area contributed by atoms with Crippen molar-refractivity contribution in [3.63, 3.8) is 0 Å². The van der Waals surface area contributed by atoms with Gasteiger partial charge in [0.1, 0.15) is 0 Å². The van der Waals surface area contributed by atoms with Crippen LogP contribution in [0.1, 0.15) is 78.6 Å². The smallest absolute Gasteiger partial charge is 0.224 e. The summed E-state index contributed by atoms with van der Waals surface area (Å²) in [6, 6.07) is 8.01. The quantitative estimate of drug-likeness (QED) is 0.421. The highest BCUT2D eigenvalue weighted by Gasteiger charge is 2.05. The van der Waals surface area contributed by atoms with Gasteiger partial charge in [-0.15, -0.1) is 0 Å². The minimum Gasteiger partial charge on any atom is -0.385 e. The molecule has 136 valence electrons. The molecule has 0 bridgehead atoms. The van der Waals surface area contributed by atoms with Crippen molar-refractivity contribution < 1.29 is 4.79 Å². The summed E-state index contributed by atoms with van der Waals surface area (Å²) in [4.78, 5) is 11.8. The number of rotatable bonds is 13. The Morgan fingerprint density at radius 3 is 2.25 bits per heavy atom. The molecule has 1 amide bonds. The van der Waals surface area contributed by atoms with E-state index < -0.39 is 0 Å². The molecule has 0 spiro atoms. The molecular weight excluding hydrogens is 296 g/mol. The zero-order chi connectivity index (χ0) is 17.6. The molecule has 0 saturated heterocycles. The van der Waals surface area contributed by atoms with Crippen molar-refractivity contribution in [3.05, 3.63) is 24.3 Å². The normalized spacial score (nSPS) is 10.8. The van der Waals surface area contributed by atoms with Crippen LogP contribution < -0.4 is 10.6 Å². The minimum atomic E-state index is 0.0882. The second-order valence-electron chi connectivity index (χ2n) is 7.13. The van der Waals surface area contributed by atoms with Crippen LogP contribution in [0.15, 0.2) is 24.3 Å². The Morgan fingerprint density at radius 1 is 0.958 bits per heavy atom. The fraction of sp³-hybridized carbons (Fsp3) is 0.667. The number of hydrogen-bond acceptors (Lipinski definition) is 2. The topological polar surface area (TPSA) is 41.1 Å². The van der Waals surface area contributed by atoms with Crippen molar-refractivity contribution in [2.24, 2.45) is 5.92 Å². The standard InChI is InChI=1S/C21H36N2O/c1-4-5-6-7-8-9-10-11-15-22-19-13-12-14-20(17-19)23-21(24)16-18(2)3/h12-14,17-18,22H,4-11,15-16H2,1-3H3,(H,23,24). The molecule has 0 heterocycles. The molecule has 2 N–H and O–H groups in total. The van der Waals surface area contributed by atoms with Gasteiger partial charge < -0.3 is 10.6 Å². The maximum absolute atomic E-state index is 11.8. The Bertz CT molecular complexity index is 457. The van der Waals surface area contributed by atoms with E-state index in [1.165, 1.54) is 51.4 Å². The van der Waals surface area contributed by atoms with Crippen LogP contribution in [0.5, 0.6) is 0 Å². The Hall–Kier alpha value is -1.51. The lowest BCUT2D eigenvalue weighted by Gasteiger charge is -2.10. The van der Waals surface area contributed by atoms with Crippen molar-refractivity contribution in [3.8, 4) is 0 Å². The first kappa shape index (κ1) is 20.5. The molecule has 3 nitrogen and oxygen atoms in total. The molecule has 3 heteroatoms. The van der Waals surface area contributed by atoms with E-state index >= 15 is 0 Å². The van der Waals surface area contributed by atoms with Gasteiger partial charge in [0.05, 0.1) is 0 Å². The molecule has 0 atom stereocenters. The predicted octanol–water partition coefficient (Wildman–Crippen LogP) is 6.22. The highest BCUT2D eigenvalue weighted by Crippen LogP contribution is 2.16. The van der Waals surface area contributed by atoms with Crippen LogP contribution in [0.4, 0.5) is 11.4 Å². The van der Waals surface area contributed by atoms with Crippen LogP contribution >= 0.6 is 0 Å². The van der Waals surface area contributed by atoms with E-state index in [4.69, 9.17) is 0 Å². The van der Waals surface area contributed by atoms with Gasteiger partial charge >= 0.3 is 0 Å². The summed E-state index contributed by atoms with van der Waals surface area (Å²) in [7, 11) is 0. The fourth-order valence-electron chi connectivity index (χ4n) is 2.78. The third-order valence-corrected chi connectivity index (χ3v) is 4.10. The predicted molar refractivity (Wildman–Crippen MR) is 106 cm³/mol. The monoisotopic (exact) mass is 332 g/mol. The molecule has 1 rings (SSSR count). The summed E-state index contributed by atoms with van der Waals surface area (Å²) in [5.41, 5.74) is 1.96. The van der Waals surface area contributed by atoms with Crippen LogP contribution in [0, 0.1) is 5.92 Å². The molecule has 0 saturated carbocycles. The summed E-state index contributed by atoms with van der Waals surface area (Å²) in [5, 5.41) is 6.43. The zero-order valence-electron chi connectivity index (χ0n) is 15.9. The molecule has 0 aliphatic heterocycles. The minimum absolute atomic E-state index is 0.0882. The Kier molecular flexibility index (Phi) is 11.0. The van der Waals surface area contributed by atoms with Crippen LogP contribution in [0.3, 0.4) is 0 Å². The molecule has 1 aromatic rings. The van der Waals surface area contributed by atoms with Crippen molar-refractivity contribution in [2.45, 2.75) is 78.6 Å². The van der Waals surface area contributed by atoms with Gasteiger partial charge in [-0.2, -0.15) is 0 Å². The molecule has 0 aliphatic rings. The number of anilines is 2. The van der Waals surface area contributed by atoms with E-state index in [1.54, 1.807) is 0 Å². The van der Waals surface area contributed by atoms with E-state index in [-0.39, 0.29) is 5.91 Å². The van der Waals surface area contributed by atoms with Crippen molar-refractivity contribution >= 4 is 17.3 Å². The fourth-order valence-corrected chi connectivity index (χ4v) is 2.78. The number of unbranched alkanes of at least 4 members (excludes halogenated alkanes) is 7. The van der Waals surface area contributed by atoms with Gasteiger partial charge in [0.15, 0.2) is 0 Å². The van der Waals surface area contributed by atoms with Crippen molar-refractivity contribution in [2.75, 3.05) is 17.2 Å². The Labute approximate surface area is 148 Å². The zero-order valence-corrected chi connectivity index (χ0v) is 15.9. The summed E-state index contributed by atoms with van der Waals surface area (Å²) >= 11 is 0. The van der Waals surface area contributed by atoms with Gasteiger partial charge in [-0.3, -0.25) is 4.79 Å². The van der Waals surface area contributed by atoms with Crippen LogP contribution in [0.2, 0.25) is 0 Å². The molecule has 0 fully saturated rings. The lowest BCUT2D eigenvalue weighted by atomic mass is 10.1. The summed E-state index contributed by atoms with van der Waals surface area (Å²) < 4.78 is 0. The SMILES string of the molecule is CCCCCCCCCCNc1cccc(NC(=O)CC(C)C)c1. The average molecular weight is 333 g/mol. The second-order valence-corrected chi connectivity index (χ2v) is 7.13. The summed E-state index contributed by atoms with van der Waals surface area (Å²) in [6.07, 6.45) is 11.3. The second kappa shape index (κ2) is 12.9. The number of benzene rings is 1. The Morgan fingerprint density at radius 2 is 1.58 bits per heavy atom. The van der Waals surface area contributed by atoms with Crippen molar-refractivity contribution in [1.29, 1.82) is 0 Å². The van der Waals surface area contributed by atoms with Gasteiger partial charge in [0, 0.05) is 24.3 Å². The average Bonchev–Trinajstić information content (AvgIpc) is 2.53. The van der Waals surface area contributed by atoms with Gasteiger partial charge in [-0.25, -0.2) is 0 Å². The number of nitrogens with one attached hydrogen (secondary N) is 2. The van der Waals surface area contributed by atoms with Crippen LogP contribution in [-0.2, 0) is 4.79 Å². The lowest BCUT2D eigenvalue weighted by Crippen LogP contribution is -2.14. The molecule has 0 aromatic heterocycles. The van der Waals surface area contributed by atoms with Gasteiger partial charge in [0.25, 0.3) is 0 Å². The largest absolute Gasteiger partial charge is 0.385 e. The van der Waals surface area contributed by atoms with Crippen LogP contribution in [-0.4, -0.2) is 12.5 Å². The van der Waals surface area contributed by atoms with Gasteiger partial charge in [-0.05, 0) is 30.5 Å². The van der Waals surface area contributed by atoms with E-state index in [0.717, 1.165) is 17.9 Å². The lowest BCUT2D eigenvalue weighted by molar-refractivity contribution is -0.116. The van der Waals surface area contributed by atoms with Gasteiger partial charge in [0.2, 0.25) is 5.91 Å². The molecule has 0 aliphatic carbocycles. The van der Waals surface area contributed by atoms with E-state index in [9.17, 15) is 4.79 Å². The first-order valence-corrected chi connectivity index (χ1v) is 9.75. The number of carbonyl (C=O) groups is 1. The van der Waals surface area contributed by atoms with Crippen molar-refractivity contribution in [1.82, 2.24) is 0 Å². The maximum atomic E-state index is 11.8.